The predicted molar refractivity (Wildman–Crippen MR) is 87.3 cm³/mol. The van der Waals surface area contributed by atoms with Crippen molar-refractivity contribution >= 4 is 5.91 Å². The summed E-state index contributed by atoms with van der Waals surface area (Å²) in [6, 6.07) is 7.25. The van der Waals surface area contributed by atoms with Gasteiger partial charge in [0.25, 0.3) is 0 Å². The molecule has 1 aliphatic carbocycles. The molecule has 1 amide bonds. The van der Waals surface area contributed by atoms with Crippen molar-refractivity contribution in [3.05, 3.63) is 35.6 Å². The van der Waals surface area contributed by atoms with Crippen LogP contribution in [0.5, 0.6) is 0 Å². The van der Waals surface area contributed by atoms with Crippen molar-refractivity contribution in [2.45, 2.75) is 58.0 Å². The molecule has 0 atom stereocenters. The van der Waals surface area contributed by atoms with E-state index in [4.69, 9.17) is 0 Å². The number of hydrogen-bond donors (Lipinski definition) is 1. The molecule has 0 spiro atoms. The number of benzene rings is 1. The minimum Gasteiger partial charge on any atom is -0.354 e. The SMILES string of the molecule is CC(C)N(CCNC(=O)C1(c2ccc(F)cc2)CC1)C(C)C. The second-order valence-electron chi connectivity index (χ2n) is 6.77. The molecule has 1 N–H and O–H groups in total. The average Bonchev–Trinajstić information content (AvgIpc) is 3.25. The number of hydrogen-bond acceptors (Lipinski definition) is 2. The quantitative estimate of drug-likeness (QED) is 0.839. The second-order valence-corrected chi connectivity index (χ2v) is 6.77. The van der Waals surface area contributed by atoms with Crippen LogP contribution in [-0.4, -0.2) is 36.0 Å². The van der Waals surface area contributed by atoms with Crippen molar-refractivity contribution in [3.8, 4) is 0 Å². The molecule has 22 heavy (non-hydrogen) atoms. The smallest absolute Gasteiger partial charge is 0.230 e. The lowest BCUT2D eigenvalue weighted by Crippen LogP contribution is -2.44. The number of nitrogens with zero attached hydrogens (tertiary/aromatic N) is 1. The topological polar surface area (TPSA) is 32.3 Å². The molecule has 0 saturated heterocycles. The first-order valence-corrected chi connectivity index (χ1v) is 8.17. The highest BCUT2D eigenvalue weighted by molar-refractivity contribution is 5.91. The third-order valence-electron chi connectivity index (χ3n) is 4.56. The first-order chi connectivity index (χ1) is 10.4. The van der Waals surface area contributed by atoms with E-state index in [9.17, 15) is 9.18 Å². The zero-order valence-electron chi connectivity index (χ0n) is 14.0. The summed E-state index contributed by atoms with van der Waals surface area (Å²) in [6.07, 6.45) is 1.70. The van der Waals surface area contributed by atoms with Gasteiger partial charge in [0.05, 0.1) is 5.41 Å². The molecule has 122 valence electrons. The van der Waals surface area contributed by atoms with Gasteiger partial charge in [-0.05, 0) is 58.2 Å². The van der Waals surface area contributed by atoms with Crippen molar-refractivity contribution < 1.29 is 9.18 Å². The van der Waals surface area contributed by atoms with Crippen LogP contribution in [0.15, 0.2) is 24.3 Å². The fraction of sp³-hybridized carbons (Fsp3) is 0.611. The largest absolute Gasteiger partial charge is 0.354 e. The van der Waals surface area contributed by atoms with Crippen molar-refractivity contribution in [3.63, 3.8) is 0 Å². The third kappa shape index (κ3) is 3.67. The number of nitrogens with one attached hydrogen (secondary N) is 1. The molecule has 1 fully saturated rings. The van der Waals surface area contributed by atoms with E-state index < -0.39 is 5.41 Å². The minimum atomic E-state index is -0.422. The molecule has 1 aromatic carbocycles. The van der Waals surface area contributed by atoms with Crippen molar-refractivity contribution in [1.29, 1.82) is 0 Å². The summed E-state index contributed by atoms with van der Waals surface area (Å²) < 4.78 is 13.0. The van der Waals surface area contributed by atoms with Crippen LogP contribution in [0.1, 0.15) is 46.1 Å². The van der Waals surface area contributed by atoms with Gasteiger partial charge in [-0.3, -0.25) is 9.69 Å². The van der Waals surface area contributed by atoms with Gasteiger partial charge in [-0.25, -0.2) is 4.39 Å². The molecule has 1 aromatic rings. The minimum absolute atomic E-state index is 0.0755. The summed E-state index contributed by atoms with van der Waals surface area (Å²) >= 11 is 0. The summed E-state index contributed by atoms with van der Waals surface area (Å²) in [5.74, 6) is -0.184. The maximum atomic E-state index is 13.0. The molecule has 4 heteroatoms. The molecule has 0 unspecified atom stereocenters. The monoisotopic (exact) mass is 306 g/mol. The Bertz CT molecular complexity index is 498. The van der Waals surface area contributed by atoms with E-state index in [0.29, 0.717) is 18.6 Å². The van der Waals surface area contributed by atoms with Crippen LogP contribution in [0.25, 0.3) is 0 Å². The highest BCUT2D eigenvalue weighted by atomic mass is 19.1. The average molecular weight is 306 g/mol. The van der Waals surface area contributed by atoms with E-state index in [-0.39, 0.29) is 11.7 Å². The van der Waals surface area contributed by atoms with Crippen LogP contribution in [0.2, 0.25) is 0 Å². The lowest BCUT2D eigenvalue weighted by atomic mass is 9.95. The van der Waals surface area contributed by atoms with E-state index in [1.807, 2.05) is 0 Å². The van der Waals surface area contributed by atoms with Gasteiger partial charge < -0.3 is 5.32 Å². The Balaban J connectivity index is 1.91. The van der Waals surface area contributed by atoms with Crippen molar-refractivity contribution in [1.82, 2.24) is 10.2 Å². The van der Waals surface area contributed by atoms with Gasteiger partial charge in [0.2, 0.25) is 5.91 Å². The molecule has 0 bridgehead atoms. The Kier molecular flexibility index (Phi) is 5.22. The van der Waals surface area contributed by atoms with Gasteiger partial charge in [-0.1, -0.05) is 12.1 Å². The molecular formula is C18H27FN2O. The molecule has 0 radical (unpaired) electrons. The second kappa shape index (κ2) is 6.78. The lowest BCUT2D eigenvalue weighted by molar-refractivity contribution is -0.123. The zero-order chi connectivity index (χ0) is 16.3. The number of carbonyl (C=O) groups excluding carboxylic acids is 1. The van der Waals surface area contributed by atoms with Crippen LogP contribution < -0.4 is 5.32 Å². The van der Waals surface area contributed by atoms with Gasteiger partial charge in [0, 0.05) is 25.2 Å². The highest BCUT2D eigenvalue weighted by Crippen LogP contribution is 2.48. The predicted octanol–water partition coefficient (Wildman–Crippen LogP) is 3.09. The molecule has 0 aliphatic heterocycles. The first-order valence-electron chi connectivity index (χ1n) is 8.17. The fourth-order valence-electron chi connectivity index (χ4n) is 3.12. The van der Waals surface area contributed by atoms with Crippen molar-refractivity contribution in [2.75, 3.05) is 13.1 Å². The van der Waals surface area contributed by atoms with Crippen LogP contribution in [0, 0.1) is 5.82 Å². The standard InChI is InChI=1S/C18H27FN2O/c1-13(2)21(14(3)4)12-11-20-17(22)18(9-10-18)15-5-7-16(19)8-6-15/h5-8,13-14H,9-12H2,1-4H3,(H,20,22). The van der Waals surface area contributed by atoms with Crippen LogP contribution >= 0.6 is 0 Å². The van der Waals surface area contributed by atoms with E-state index in [2.05, 4.69) is 37.9 Å². The van der Waals surface area contributed by atoms with E-state index >= 15 is 0 Å². The summed E-state index contributed by atoms with van der Waals surface area (Å²) in [7, 11) is 0. The Morgan fingerprint density at radius 1 is 1.18 bits per heavy atom. The third-order valence-corrected chi connectivity index (χ3v) is 4.56. The normalized spacial score (nSPS) is 16.4. The Morgan fingerprint density at radius 3 is 2.18 bits per heavy atom. The first kappa shape index (κ1) is 16.9. The van der Waals surface area contributed by atoms with Crippen LogP contribution in [0.3, 0.4) is 0 Å². The molecule has 2 rings (SSSR count). The molecule has 1 aliphatic rings. The van der Waals surface area contributed by atoms with E-state index in [1.165, 1.54) is 12.1 Å². The number of amides is 1. The van der Waals surface area contributed by atoms with Crippen molar-refractivity contribution in [2.24, 2.45) is 0 Å². The van der Waals surface area contributed by atoms with Gasteiger partial charge in [0.15, 0.2) is 0 Å². The fourth-order valence-corrected chi connectivity index (χ4v) is 3.12. The molecule has 3 nitrogen and oxygen atoms in total. The maximum absolute atomic E-state index is 13.0. The Hall–Kier alpha value is -1.42. The lowest BCUT2D eigenvalue weighted by Gasteiger charge is -2.30. The zero-order valence-corrected chi connectivity index (χ0v) is 14.0. The number of halogens is 1. The highest BCUT2D eigenvalue weighted by Gasteiger charge is 2.51. The summed E-state index contributed by atoms with van der Waals surface area (Å²) in [5.41, 5.74) is 0.504. The van der Waals surface area contributed by atoms with Gasteiger partial charge in [0.1, 0.15) is 5.82 Å². The van der Waals surface area contributed by atoms with Gasteiger partial charge in [-0.2, -0.15) is 0 Å². The summed E-state index contributed by atoms with van der Waals surface area (Å²) in [6.45, 7) is 10.2. The summed E-state index contributed by atoms with van der Waals surface area (Å²) in [4.78, 5) is 14.9. The van der Waals surface area contributed by atoms with Gasteiger partial charge >= 0.3 is 0 Å². The van der Waals surface area contributed by atoms with E-state index in [0.717, 1.165) is 24.9 Å². The maximum Gasteiger partial charge on any atom is 0.230 e. The Morgan fingerprint density at radius 2 is 1.73 bits per heavy atom. The van der Waals surface area contributed by atoms with Gasteiger partial charge in [-0.15, -0.1) is 0 Å². The molecular weight excluding hydrogens is 279 g/mol. The molecule has 1 saturated carbocycles. The number of carbonyl (C=O) groups is 1. The summed E-state index contributed by atoms with van der Waals surface area (Å²) in [5, 5.41) is 3.06. The van der Waals surface area contributed by atoms with E-state index in [1.54, 1.807) is 12.1 Å². The number of rotatable bonds is 7. The van der Waals surface area contributed by atoms with Crippen LogP contribution in [-0.2, 0) is 10.2 Å². The van der Waals surface area contributed by atoms with Crippen LogP contribution in [0.4, 0.5) is 4.39 Å². The Labute approximate surface area is 132 Å². The molecule has 0 aromatic heterocycles. The molecule has 0 heterocycles.